The molecule has 19 heavy (non-hydrogen) atoms. The average molecular weight is 253 g/mol. The van der Waals surface area contributed by atoms with Crippen LogP contribution in [0.15, 0.2) is 60.8 Å². The topological polar surface area (TPSA) is 43.8 Å². The predicted octanol–water partition coefficient (Wildman–Crippen LogP) is 3.26. The number of anilines is 1. The lowest BCUT2D eigenvalue weighted by Gasteiger charge is -2.08. The highest BCUT2D eigenvalue weighted by atomic mass is 19.1. The summed E-state index contributed by atoms with van der Waals surface area (Å²) >= 11 is 0. The van der Waals surface area contributed by atoms with Crippen LogP contribution >= 0.6 is 0 Å². The van der Waals surface area contributed by atoms with Gasteiger partial charge in [0.25, 0.3) is 0 Å². The van der Waals surface area contributed by atoms with Crippen LogP contribution < -0.4 is 5.73 Å². The first kappa shape index (κ1) is 11.5. The predicted molar refractivity (Wildman–Crippen MR) is 73.4 cm³/mol. The molecule has 94 valence electrons. The summed E-state index contributed by atoms with van der Waals surface area (Å²) in [5, 5.41) is 4.09. The minimum Gasteiger partial charge on any atom is -0.399 e. The second-order valence-electron chi connectivity index (χ2n) is 4.21. The van der Waals surface area contributed by atoms with Gasteiger partial charge in [-0.25, -0.2) is 9.07 Å². The van der Waals surface area contributed by atoms with Gasteiger partial charge in [0.05, 0.1) is 11.9 Å². The van der Waals surface area contributed by atoms with Gasteiger partial charge < -0.3 is 5.73 Å². The van der Waals surface area contributed by atoms with Gasteiger partial charge in [0.15, 0.2) is 5.82 Å². The van der Waals surface area contributed by atoms with Gasteiger partial charge >= 0.3 is 0 Å². The minimum atomic E-state index is -0.344. The second-order valence-corrected chi connectivity index (χ2v) is 4.21. The molecule has 0 saturated heterocycles. The molecule has 0 saturated carbocycles. The normalized spacial score (nSPS) is 10.6. The number of rotatable bonds is 2. The third-order valence-electron chi connectivity index (χ3n) is 2.91. The average Bonchev–Trinajstić information content (AvgIpc) is 2.82. The number of halogens is 1. The maximum Gasteiger partial charge on any atom is 0.169 e. The van der Waals surface area contributed by atoms with Crippen LogP contribution in [-0.4, -0.2) is 9.78 Å². The molecule has 0 fully saturated rings. The monoisotopic (exact) mass is 253 g/mol. The van der Waals surface area contributed by atoms with Gasteiger partial charge in [0.1, 0.15) is 5.69 Å². The van der Waals surface area contributed by atoms with Crippen molar-refractivity contribution in [1.29, 1.82) is 0 Å². The highest BCUT2D eigenvalue weighted by Gasteiger charge is 2.13. The summed E-state index contributed by atoms with van der Waals surface area (Å²) in [5.41, 5.74) is 8.33. The zero-order chi connectivity index (χ0) is 13.2. The van der Waals surface area contributed by atoms with Crippen LogP contribution in [0.3, 0.4) is 0 Å². The number of nitrogens with zero attached hydrogens (tertiary/aromatic N) is 2. The van der Waals surface area contributed by atoms with Crippen molar-refractivity contribution in [3.63, 3.8) is 0 Å². The van der Waals surface area contributed by atoms with E-state index in [2.05, 4.69) is 5.10 Å². The lowest BCUT2D eigenvalue weighted by molar-refractivity contribution is 0.631. The van der Waals surface area contributed by atoms with E-state index in [1.165, 1.54) is 6.20 Å². The van der Waals surface area contributed by atoms with Gasteiger partial charge in [-0.3, -0.25) is 0 Å². The van der Waals surface area contributed by atoms with Crippen molar-refractivity contribution < 1.29 is 4.39 Å². The van der Waals surface area contributed by atoms with Gasteiger partial charge in [-0.05, 0) is 24.3 Å². The van der Waals surface area contributed by atoms with E-state index in [9.17, 15) is 4.39 Å². The van der Waals surface area contributed by atoms with Gasteiger partial charge in [0.2, 0.25) is 0 Å². The highest BCUT2D eigenvalue weighted by molar-refractivity contribution is 5.62. The maximum atomic E-state index is 14.0. The Balaban J connectivity index is 2.16. The molecular formula is C15H12FN3. The molecule has 0 aliphatic rings. The Morgan fingerprint density at radius 1 is 0.947 bits per heavy atom. The van der Waals surface area contributed by atoms with E-state index in [-0.39, 0.29) is 5.82 Å². The molecule has 0 bridgehead atoms. The molecule has 3 rings (SSSR count). The van der Waals surface area contributed by atoms with Crippen LogP contribution in [0.25, 0.3) is 16.9 Å². The third kappa shape index (κ3) is 2.08. The Labute approximate surface area is 110 Å². The zero-order valence-corrected chi connectivity index (χ0v) is 10.1. The van der Waals surface area contributed by atoms with E-state index >= 15 is 0 Å². The first-order valence-corrected chi connectivity index (χ1v) is 5.90. The number of hydrogen-bond acceptors (Lipinski definition) is 2. The molecule has 0 aliphatic heterocycles. The van der Waals surface area contributed by atoms with Crippen molar-refractivity contribution in [2.45, 2.75) is 0 Å². The largest absolute Gasteiger partial charge is 0.399 e. The van der Waals surface area contributed by atoms with Gasteiger partial charge in [-0.15, -0.1) is 0 Å². The van der Waals surface area contributed by atoms with Crippen LogP contribution in [0, 0.1) is 5.82 Å². The van der Waals surface area contributed by atoms with Gasteiger partial charge in [-0.1, -0.05) is 30.3 Å². The van der Waals surface area contributed by atoms with Crippen LogP contribution in [0.1, 0.15) is 0 Å². The number of nitrogens with two attached hydrogens (primary N) is 1. The lowest BCUT2D eigenvalue weighted by atomic mass is 10.1. The van der Waals surface area contributed by atoms with Crippen LogP contribution in [0.2, 0.25) is 0 Å². The molecule has 0 atom stereocenters. The molecule has 2 N–H and O–H groups in total. The summed E-state index contributed by atoms with van der Waals surface area (Å²) in [6.45, 7) is 0. The van der Waals surface area contributed by atoms with E-state index in [4.69, 9.17) is 5.73 Å². The molecule has 3 aromatic rings. The van der Waals surface area contributed by atoms with Gasteiger partial charge in [-0.2, -0.15) is 5.10 Å². The summed E-state index contributed by atoms with van der Waals surface area (Å²) in [5.74, 6) is -0.344. The van der Waals surface area contributed by atoms with Crippen molar-refractivity contribution >= 4 is 5.69 Å². The van der Waals surface area contributed by atoms with Crippen LogP contribution in [0.5, 0.6) is 0 Å². The molecule has 1 aromatic heterocycles. The lowest BCUT2D eigenvalue weighted by Crippen LogP contribution is -1.99. The Hall–Kier alpha value is -2.62. The van der Waals surface area contributed by atoms with Crippen LogP contribution in [0.4, 0.5) is 10.1 Å². The fourth-order valence-electron chi connectivity index (χ4n) is 2.00. The van der Waals surface area contributed by atoms with Crippen molar-refractivity contribution in [2.24, 2.45) is 0 Å². The molecule has 0 radical (unpaired) electrons. The number of aromatic nitrogens is 2. The van der Waals surface area contributed by atoms with Gasteiger partial charge in [0, 0.05) is 11.3 Å². The molecule has 4 heteroatoms. The fraction of sp³-hybridized carbons (Fsp3) is 0. The van der Waals surface area contributed by atoms with E-state index < -0.39 is 0 Å². The standard InChI is InChI=1S/C15H12FN3/c16-14-10-18-19(13-8-6-12(17)7-9-13)15(14)11-4-2-1-3-5-11/h1-10H,17H2. The molecule has 0 aliphatic carbocycles. The quantitative estimate of drug-likeness (QED) is 0.712. The van der Waals surface area contributed by atoms with E-state index in [1.54, 1.807) is 16.8 Å². The fourth-order valence-corrected chi connectivity index (χ4v) is 2.00. The molecule has 1 heterocycles. The summed E-state index contributed by atoms with van der Waals surface area (Å²) in [7, 11) is 0. The smallest absolute Gasteiger partial charge is 0.169 e. The molecular weight excluding hydrogens is 241 g/mol. The molecule has 0 unspecified atom stereocenters. The van der Waals surface area contributed by atoms with Crippen molar-refractivity contribution in [2.75, 3.05) is 5.73 Å². The third-order valence-corrected chi connectivity index (χ3v) is 2.91. The summed E-state index contributed by atoms with van der Waals surface area (Å²) in [4.78, 5) is 0. The Bertz CT molecular complexity index is 687. The van der Waals surface area contributed by atoms with Crippen LogP contribution in [-0.2, 0) is 0 Å². The summed E-state index contributed by atoms with van der Waals surface area (Å²) in [6, 6.07) is 16.5. The SMILES string of the molecule is Nc1ccc(-n2ncc(F)c2-c2ccccc2)cc1. The Morgan fingerprint density at radius 3 is 2.32 bits per heavy atom. The number of hydrogen-bond donors (Lipinski definition) is 1. The minimum absolute atomic E-state index is 0.344. The molecule has 0 spiro atoms. The Kier molecular flexibility index (Phi) is 2.76. The van der Waals surface area contributed by atoms with E-state index in [0.717, 1.165) is 11.3 Å². The van der Waals surface area contributed by atoms with E-state index in [0.29, 0.717) is 11.4 Å². The molecule has 0 amide bonds. The highest BCUT2D eigenvalue weighted by Crippen LogP contribution is 2.25. The first-order valence-electron chi connectivity index (χ1n) is 5.90. The second kappa shape index (κ2) is 4.57. The first-order chi connectivity index (χ1) is 9.25. The summed E-state index contributed by atoms with van der Waals surface area (Å²) in [6.07, 6.45) is 1.22. The Morgan fingerprint density at radius 2 is 1.63 bits per heavy atom. The molecule has 2 aromatic carbocycles. The molecule has 3 nitrogen and oxygen atoms in total. The number of benzene rings is 2. The maximum absolute atomic E-state index is 14.0. The van der Waals surface area contributed by atoms with Crippen molar-refractivity contribution in [3.8, 4) is 16.9 Å². The van der Waals surface area contributed by atoms with Crippen molar-refractivity contribution in [1.82, 2.24) is 9.78 Å². The number of nitrogen functional groups attached to an aromatic ring is 1. The zero-order valence-electron chi connectivity index (χ0n) is 10.1. The summed E-state index contributed by atoms with van der Waals surface area (Å²) < 4.78 is 15.5. The van der Waals surface area contributed by atoms with Crippen molar-refractivity contribution in [3.05, 3.63) is 66.6 Å². The van der Waals surface area contributed by atoms with E-state index in [1.807, 2.05) is 42.5 Å².